The van der Waals surface area contributed by atoms with Crippen LogP contribution in [0.2, 0.25) is 0 Å². The normalized spacial score (nSPS) is 21.6. The molecule has 0 radical (unpaired) electrons. The van der Waals surface area contributed by atoms with Crippen LogP contribution in [0.5, 0.6) is 5.75 Å². The second-order valence-corrected chi connectivity index (χ2v) is 8.20. The lowest BCUT2D eigenvalue weighted by atomic mass is 9.89. The molecule has 1 N–H and O–H groups in total. The molecule has 0 aromatic heterocycles. The maximum Gasteiger partial charge on any atom is 0.193 e. The summed E-state index contributed by atoms with van der Waals surface area (Å²) in [6, 6.07) is 18.9. The van der Waals surface area contributed by atoms with Gasteiger partial charge in [-0.3, -0.25) is 4.99 Å². The Bertz CT molecular complexity index is 839. The molecule has 2 fully saturated rings. The number of nitrogens with one attached hydrogen (secondary N) is 1. The lowest BCUT2D eigenvalue weighted by molar-refractivity contribution is -0.0266. The van der Waals surface area contributed by atoms with Crippen LogP contribution in [-0.4, -0.2) is 64.3 Å². The predicted octanol–water partition coefficient (Wildman–Crippen LogP) is 4.18. The van der Waals surface area contributed by atoms with Crippen molar-refractivity contribution in [1.82, 2.24) is 10.2 Å². The van der Waals surface area contributed by atoms with Gasteiger partial charge in [-0.25, -0.2) is 0 Å². The standard InChI is InChI=1S/C25H34N4O2.HI/c1-26-25(27-19-21-9-6-18-31-24(21)20-7-4-3-5-8-20)29-16-14-28(15-17-29)22-10-12-23(30-2)13-11-22;/h3-5,7-8,10-13,21,24H,6,9,14-19H2,1-2H3,(H,26,27);1H. The number of hydrogen-bond donors (Lipinski definition) is 1. The molecule has 2 heterocycles. The molecule has 0 saturated carbocycles. The zero-order chi connectivity index (χ0) is 21.5. The summed E-state index contributed by atoms with van der Waals surface area (Å²) in [4.78, 5) is 9.35. The SMILES string of the molecule is CN=C(NCC1CCCOC1c1ccccc1)N1CCN(c2ccc(OC)cc2)CC1.I. The molecule has 0 spiro atoms. The Morgan fingerprint density at radius 3 is 2.44 bits per heavy atom. The largest absolute Gasteiger partial charge is 0.497 e. The molecule has 0 bridgehead atoms. The molecule has 2 saturated heterocycles. The first kappa shape index (κ1) is 24.6. The number of halogens is 1. The third kappa shape index (κ3) is 6.07. The summed E-state index contributed by atoms with van der Waals surface area (Å²) in [7, 11) is 3.58. The van der Waals surface area contributed by atoms with E-state index in [0.717, 1.165) is 57.5 Å². The third-order valence-electron chi connectivity index (χ3n) is 6.32. The van der Waals surface area contributed by atoms with Gasteiger partial charge in [0, 0.05) is 58.0 Å². The molecule has 4 rings (SSSR count). The van der Waals surface area contributed by atoms with Gasteiger partial charge in [0.05, 0.1) is 13.2 Å². The van der Waals surface area contributed by atoms with Crippen molar-refractivity contribution >= 4 is 35.6 Å². The van der Waals surface area contributed by atoms with E-state index in [2.05, 4.69) is 62.6 Å². The van der Waals surface area contributed by atoms with Crippen LogP contribution in [0.4, 0.5) is 5.69 Å². The molecule has 7 heteroatoms. The summed E-state index contributed by atoms with van der Waals surface area (Å²) in [5, 5.41) is 3.64. The van der Waals surface area contributed by atoms with Crippen LogP contribution in [-0.2, 0) is 4.74 Å². The number of ether oxygens (including phenoxy) is 2. The topological polar surface area (TPSA) is 49.3 Å². The van der Waals surface area contributed by atoms with Crippen LogP contribution in [0, 0.1) is 5.92 Å². The lowest BCUT2D eigenvalue weighted by Gasteiger charge is -2.38. The van der Waals surface area contributed by atoms with Crippen LogP contribution in [0.3, 0.4) is 0 Å². The fraction of sp³-hybridized carbons (Fsp3) is 0.480. The van der Waals surface area contributed by atoms with Gasteiger partial charge in [0.1, 0.15) is 5.75 Å². The Kier molecular flexibility index (Phi) is 9.47. The molecule has 2 unspecified atom stereocenters. The first-order valence-electron chi connectivity index (χ1n) is 11.3. The van der Waals surface area contributed by atoms with E-state index >= 15 is 0 Å². The molecule has 32 heavy (non-hydrogen) atoms. The van der Waals surface area contributed by atoms with Crippen molar-refractivity contribution in [2.24, 2.45) is 10.9 Å². The van der Waals surface area contributed by atoms with Gasteiger partial charge < -0.3 is 24.6 Å². The molecule has 2 aliphatic rings. The van der Waals surface area contributed by atoms with Crippen molar-refractivity contribution < 1.29 is 9.47 Å². The maximum absolute atomic E-state index is 6.16. The van der Waals surface area contributed by atoms with Crippen molar-refractivity contribution in [3.05, 3.63) is 60.2 Å². The van der Waals surface area contributed by atoms with E-state index in [4.69, 9.17) is 9.47 Å². The number of piperazine rings is 1. The van der Waals surface area contributed by atoms with Gasteiger partial charge in [-0.2, -0.15) is 0 Å². The van der Waals surface area contributed by atoms with E-state index in [1.807, 2.05) is 19.2 Å². The number of guanidine groups is 1. The van der Waals surface area contributed by atoms with E-state index in [0.29, 0.717) is 5.92 Å². The number of aliphatic imine (C=N–C) groups is 1. The van der Waals surface area contributed by atoms with E-state index in [1.165, 1.54) is 17.7 Å². The fourth-order valence-electron chi connectivity index (χ4n) is 4.59. The van der Waals surface area contributed by atoms with E-state index < -0.39 is 0 Å². The van der Waals surface area contributed by atoms with Crippen molar-refractivity contribution in [2.45, 2.75) is 18.9 Å². The molecular weight excluding hydrogens is 515 g/mol. The van der Waals surface area contributed by atoms with Crippen LogP contribution in [0.1, 0.15) is 24.5 Å². The highest BCUT2D eigenvalue weighted by molar-refractivity contribution is 14.0. The minimum atomic E-state index is 0. The number of benzene rings is 2. The van der Waals surface area contributed by atoms with Gasteiger partial charge in [0.2, 0.25) is 0 Å². The molecule has 174 valence electrons. The summed E-state index contributed by atoms with van der Waals surface area (Å²) in [5.74, 6) is 2.34. The van der Waals surface area contributed by atoms with Crippen molar-refractivity contribution in [1.29, 1.82) is 0 Å². The van der Waals surface area contributed by atoms with Gasteiger partial charge in [0.15, 0.2) is 5.96 Å². The highest BCUT2D eigenvalue weighted by Gasteiger charge is 2.28. The minimum Gasteiger partial charge on any atom is -0.497 e. The van der Waals surface area contributed by atoms with Gasteiger partial charge in [-0.15, -0.1) is 24.0 Å². The van der Waals surface area contributed by atoms with E-state index in [1.54, 1.807) is 7.11 Å². The quantitative estimate of drug-likeness (QED) is 0.344. The first-order valence-corrected chi connectivity index (χ1v) is 11.3. The second kappa shape index (κ2) is 12.3. The highest BCUT2D eigenvalue weighted by atomic mass is 127. The zero-order valence-electron chi connectivity index (χ0n) is 19.1. The number of nitrogens with zero attached hydrogens (tertiary/aromatic N) is 3. The number of hydrogen-bond acceptors (Lipinski definition) is 4. The summed E-state index contributed by atoms with van der Waals surface area (Å²) in [5.41, 5.74) is 2.52. The van der Waals surface area contributed by atoms with E-state index in [-0.39, 0.29) is 30.1 Å². The molecule has 2 atom stereocenters. The van der Waals surface area contributed by atoms with E-state index in [9.17, 15) is 0 Å². The molecule has 0 aliphatic carbocycles. The van der Waals surface area contributed by atoms with Gasteiger partial charge >= 0.3 is 0 Å². The molecular formula is C25H35IN4O2. The second-order valence-electron chi connectivity index (χ2n) is 8.20. The Morgan fingerprint density at radius 1 is 1.06 bits per heavy atom. The smallest absolute Gasteiger partial charge is 0.193 e. The predicted molar refractivity (Wildman–Crippen MR) is 141 cm³/mol. The summed E-state index contributed by atoms with van der Waals surface area (Å²) >= 11 is 0. The monoisotopic (exact) mass is 550 g/mol. The van der Waals surface area contributed by atoms with Crippen molar-refractivity contribution in [3.8, 4) is 5.75 Å². The number of anilines is 1. The summed E-state index contributed by atoms with van der Waals surface area (Å²) in [6.07, 6.45) is 2.45. The Hall–Kier alpha value is -2.00. The highest BCUT2D eigenvalue weighted by Crippen LogP contribution is 2.33. The van der Waals surface area contributed by atoms with Crippen molar-refractivity contribution in [2.75, 3.05) is 58.4 Å². The molecule has 2 aromatic rings. The zero-order valence-corrected chi connectivity index (χ0v) is 21.4. The Labute approximate surface area is 209 Å². The van der Waals surface area contributed by atoms with Crippen LogP contribution in [0.25, 0.3) is 0 Å². The van der Waals surface area contributed by atoms with Gasteiger partial charge in [-0.1, -0.05) is 30.3 Å². The minimum absolute atomic E-state index is 0. The Morgan fingerprint density at radius 2 is 1.78 bits per heavy atom. The van der Waals surface area contributed by atoms with Crippen LogP contribution >= 0.6 is 24.0 Å². The average Bonchev–Trinajstić information content (AvgIpc) is 2.86. The maximum atomic E-state index is 6.16. The lowest BCUT2D eigenvalue weighted by Crippen LogP contribution is -2.53. The fourth-order valence-corrected chi connectivity index (χ4v) is 4.59. The third-order valence-corrected chi connectivity index (χ3v) is 6.32. The van der Waals surface area contributed by atoms with Gasteiger partial charge in [-0.05, 0) is 42.7 Å². The average molecular weight is 550 g/mol. The molecule has 2 aromatic carbocycles. The van der Waals surface area contributed by atoms with Crippen LogP contribution < -0.4 is 15.0 Å². The van der Waals surface area contributed by atoms with Crippen molar-refractivity contribution in [3.63, 3.8) is 0 Å². The van der Waals surface area contributed by atoms with Gasteiger partial charge in [0.25, 0.3) is 0 Å². The van der Waals surface area contributed by atoms with Crippen LogP contribution in [0.15, 0.2) is 59.6 Å². The summed E-state index contributed by atoms with van der Waals surface area (Å²) < 4.78 is 11.4. The molecule has 6 nitrogen and oxygen atoms in total. The number of methoxy groups -OCH3 is 1. The molecule has 2 aliphatic heterocycles. The molecule has 0 amide bonds. The Balaban J connectivity index is 0.00000289. The first-order chi connectivity index (χ1) is 15.3. The summed E-state index contributed by atoms with van der Waals surface area (Å²) in [6.45, 7) is 5.59. The number of rotatable bonds is 5.